The van der Waals surface area contributed by atoms with Crippen LogP contribution < -0.4 is 4.72 Å². The summed E-state index contributed by atoms with van der Waals surface area (Å²) in [6, 6.07) is 11.3. The van der Waals surface area contributed by atoms with E-state index in [-0.39, 0.29) is 23.4 Å². The molecule has 5 nitrogen and oxygen atoms in total. The normalized spacial score (nSPS) is 21.3. The van der Waals surface area contributed by atoms with Gasteiger partial charge in [0.25, 0.3) is 0 Å². The molecule has 0 aliphatic carbocycles. The zero-order valence-corrected chi connectivity index (χ0v) is 16.1. The molecule has 0 radical (unpaired) electrons. The highest BCUT2D eigenvalue weighted by atomic mass is 32.2. The number of halogens is 1. The van der Waals surface area contributed by atoms with Gasteiger partial charge in [0.15, 0.2) is 9.84 Å². The summed E-state index contributed by atoms with van der Waals surface area (Å²) in [6.07, 6.45) is 2.25. The van der Waals surface area contributed by atoms with E-state index in [4.69, 9.17) is 0 Å². The van der Waals surface area contributed by atoms with Crippen LogP contribution in [0.1, 0.15) is 6.42 Å². The molecule has 2 aromatic carbocycles. The van der Waals surface area contributed by atoms with Crippen molar-refractivity contribution in [3.63, 3.8) is 0 Å². The van der Waals surface area contributed by atoms with Crippen LogP contribution in [0, 0.1) is 5.82 Å². The van der Waals surface area contributed by atoms with Gasteiger partial charge in [-0.15, -0.1) is 0 Å². The lowest BCUT2D eigenvalue weighted by molar-refractivity contribution is 0.600. The maximum absolute atomic E-state index is 13.3. The molecule has 0 spiro atoms. The van der Waals surface area contributed by atoms with Gasteiger partial charge in [0, 0.05) is 33.6 Å². The molecule has 2 atom stereocenters. The van der Waals surface area contributed by atoms with Crippen molar-refractivity contribution in [3.05, 3.63) is 54.5 Å². The van der Waals surface area contributed by atoms with E-state index in [0.29, 0.717) is 16.8 Å². The Hall–Kier alpha value is -2.16. The second-order valence-corrected chi connectivity index (χ2v) is 11.1. The van der Waals surface area contributed by atoms with Gasteiger partial charge in [-0.2, -0.15) is 0 Å². The number of fused-ring (bicyclic) bond motifs is 1. The lowest BCUT2D eigenvalue weighted by Gasteiger charge is -2.16. The topological polar surface area (TPSA) is 79.0 Å². The van der Waals surface area contributed by atoms with Crippen LogP contribution in [0.3, 0.4) is 0 Å². The molecule has 2 unspecified atom stereocenters. The van der Waals surface area contributed by atoms with Gasteiger partial charge in [0.2, 0.25) is 0 Å². The lowest BCUT2D eigenvalue weighted by Crippen LogP contribution is -2.35. The highest BCUT2D eigenvalue weighted by Crippen LogP contribution is 2.29. The van der Waals surface area contributed by atoms with Gasteiger partial charge in [-0.05, 0) is 48.2 Å². The SMILES string of the molecule is C=S(=O)(NC1CCS(=O)(=O)C1)c1ccc(-c2c[nH]c3cc(F)ccc23)cc1. The number of sulfone groups is 1. The smallest absolute Gasteiger partial charge is 0.151 e. The summed E-state index contributed by atoms with van der Waals surface area (Å²) in [5, 5.41) is 0.897. The number of rotatable bonds is 4. The van der Waals surface area contributed by atoms with Crippen molar-refractivity contribution in [1.29, 1.82) is 0 Å². The van der Waals surface area contributed by atoms with Gasteiger partial charge in [0.05, 0.1) is 21.2 Å². The van der Waals surface area contributed by atoms with Crippen LogP contribution in [0.15, 0.2) is 53.6 Å². The van der Waals surface area contributed by atoms with Crippen molar-refractivity contribution in [2.75, 3.05) is 11.5 Å². The molecular weight excluding hydrogens is 387 g/mol. The summed E-state index contributed by atoms with van der Waals surface area (Å²) >= 11 is 0. The molecule has 1 saturated heterocycles. The molecule has 3 aromatic rings. The minimum absolute atomic E-state index is 0.0104. The predicted octanol–water partition coefficient (Wildman–Crippen LogP) is 2.74. The number of hydrogen-bond donors (Lipinski definition) is 2. The van der Waals surface area contributed by atoms with E-state index in [9.17, 15) is 17.0 Å². The van der Waals surface area contributed by atoms with Crippen molar-refractivity contribution in [2.45, 2.75) is 17.4 Å². The molecule has 0 bridgehead atoms. The van der Waals surface area contributed by atoms with Crippen LogP contribution in [0.4, 0.5) is 4.39 Å². The predicted molar refractivity (Wildman–Crippen MR) is 107 cm³/mol. The third-order valence-electron chi connectivity index (χ3n) is 4.78. The molecule has 2 heterocycles. The number of benzene rings is 2. The molecule has 1 aliphatic rings. The second kappa shape index (κ2) is 6.47. The second-order valence-electron chi connectivity index (χ2n) is 6.81. The van der Waals surface area contributed by atoms with Gasteiger partial charge < -0.3 is 4.98 Å². The first-order chi connectivity index (χ1) is 12.7. The van der Waals surface area contributed by atoms with Crippen molar-refractivity contribution < 1.29 is 17.0 Å². The third kappa shape index (κ3) is 3.65. The van der Waals surface area contributed by atoms with Gasteiger partial charge in [-0.25, -0.2) is 21.7 Å². The summed E-state index contributed by atoms with van der Waals surface area (Å²) in [7, 11) is -5.86. The summed E-state index contributed by atoms with van der Waals surface area (Å²) in [5.74, 6) is 3.58. The summed E-state index contributed by atoms with van der Waals surface area (Å²) < 4.78 is 52.4. The summed E-state index contributed by atoms with van der Waals surface area (Å²) in [4.78, 5) is 3.57. The fraction of sp³-hybridized carbons (Fsp3) is 0.211. The Kier molecular flexibility index (Phi) is 4.37. The molecule has 2 N–H and O–H groups in total. The van der Waals surface area contributed by atoms with Gasteiger partial charge >= 0.3 is 0 Å². The van der Waals surface area contributed by atoms with Crippen LogP contribution >= 0.6 is 0 Å². The van der Waals surface area contributed by atoms with Crippen molar-refractivity contribution in [1.82, 2.24) is 9.71 Å². The van der Waals surface area contributed by atoms with Crippen molar-refractivity contribution in [3.8, 4) is 11.1 Å². The van der Waals surface area contributed by atoms with Crippen LogP contribution in [-0.2, 0) is 19.5 Å². The van der Waals surface area contributed by atoms with Crippen LogP contribution in [-0.4, -0.2) is 41.0 Å². The van der Waals surface area contributed by atoms with E-state index in [1.165, 1.54) is 12.1 Å². The zero-order valence-electron chi connectivity index (χ0n) is 14.4. The number of H-pyrrole nitrogens is 1. The van der Waals surface area contributed by atoms with Gasteiger partial charge in [0.1, 0.15) is 5.82 Å². The average molecular weight is 407 g/mol. The van der Waals surface area contributed by atoms with E-state index in [1.807, 2.05) is 18.3 Å². The van der Waals surface area contributed by atoms with Crippen molar-refractivity contribution in [2.24, 2.45) is 0 Å². The standard InChI is InChI=1S/C19H19FN2O3S2/c1-26(23,22-15-8-9-27(24,25)12-15)16-5-2-13(3-6-16)18-11-21-19-10-14(20)4-7-17(18)19/h2-7,10-11,15,21H,1,8-9,12H2,(H,22,23). The number of aromatic nitrogens is 1. The average Bonchev–Trinajstić information content (AvgIpc) is 3.17. The molecular formula is C19H19FN2O3S2. The molecule has 1 fully saturated rings. The fourth-order valence-electron chi connectivity index (χ4n) is 3.42. The number of nitrogens with one attached hydrogen (secondary N) is 2. The first-order valence-electron chi connectivity index (χ1n) is 8.46. The zero-order chi connectivity index (χ0) is 19.2. The first-order valence-corrected chi connectivity index (χ1v) is 12.0. The Labute approximate surface area is 157 Å². The summed E-state index contributed by atoms with van der Waals surface area (Å²) in [6.45, 7) is 0. The van der Waals surface area contributed by atoms with Crippen LogP contribution in [0.25, 0.3) is 22.0 Å². The fourth-order valence-corrected chi connectivity index (χ4v) is 6.65. The summed E-state index contributed by atoms with van der Waals surface area (Å²) in [5.41, 5.74) is 2.52. The number of aromatic amines is 1. The Morgan fingerprint density at radius 3 is 2.59 bits per heavy atom. The van der Waals surface area contributed by atoms with Crippen molar-refractivity contribution >= 4 is 36.3 Å². The van der Waals surface area contributed by atoms with E-state index < -0.39 is 19.5 Å². The maximum Gasteiger partial charge on any atom is 0.151 e. The van der Waals surface area contributed by atoms with Crippen LogP contribution in [0.5, 0.6) is 0 Å². The molecule has 4 rings (SSSR count). The van der Waals surface area contributed by atoms with E-state index >= 15 is 0 Å². The molecule has 0 saturated carbocycles. The molecule has 1 aromatic heterocycles. The molecule has 27 heavy (non-hydrogen) atoms. The quantitative estimate of drug-likeness (QED) is 0.654. The van der Waals surface area contributed by atoms with E-state index in [1.54, 1.807) is 18.2 Å². The van der Waals surface area contributed by atoms with E-state index in [2.05, 4.69) is 15.6 Å². The Balaban J connectivity index is 1.59. The minimum Gasteiger partial charge on any atom is -0.360 e. The third-order valence-corrected chi connectivity index (χ3v) is 8.30. The monoisotopic (exact) mass is 406 g/mol. The van der Waals surface area contributed by atoms with Gasteiger partial charge in [-0.1, -0.05) is 12.1 Å². The maximum atomic E-state index is 13.3. The highest BCUT2D eigenvalue weighted by Gasteiger charge is 2.29. The Morgan fingerprint density at radius 1 is 1.19 bits per heavy atom. The largest absolute Gasteiger partial charge is 0.360 e. The Morgan fingerprint density at radius 2 is 1.93 bits per heavy atom. The number of hydrogen-bond acceptors (Lipinski definition) is 3. The highest BCUT2D eigenvalue weighted by molar-refractivity contribution is 7.98. The minimum atomic E-state index is -3.06. The van der Waals surface area contributed by atoms with Gasteiger partial charge in [-0.3, -0.25) is 0 Å². The molecule has 8 heteroatoms. The lowest BCUT2D eigenvalue weighted by atomic mass is 10.1. The molecule has 142 valence electrons. The van der Waals surface area contributed by atoms with E-state index in [0.717, 1.165) is 16.5 Å². The van der Waals surface area contributed by atoms with Crippen LogP contribution in [0.2, 0.25) is 0 Å². The molecule has 1 aliphatic heterocycles. The first kappa shape index (κ1) is 18.2. The Bertz CT molecular complexity index is 1210. The molecule has 0 amide bonds.